The molecular formula is C22H18FNO5. The molecule has 7 heteroatoms. The van der Waals surface area contributed by atoms with E-state index >= 15 is 0 Å². The molecule has 1 N–H and O–H groups in total. The molecule has 0 saturated heterocycles. The van der Waals surface area contributed by atoms with Crippen molar-refractivity contribution in [1.82, 2.24) is 4.57 Å². The number of aliphatic hydroxyl groups is 1. The lowest BCUT2D eigenvalue weighted by Crippen LogP contribution is -2.18. The van der Waals surface area contributed by atoms with Crippen LogP contribution in [0.2, 0.25) is 0 Å². The van der Waals surface area contributed by atoms with Gasteiger partial charge in [0.05, 0.1) is 24.2 Å². The van der Waals surface area contributed by atoms with Gasteiger partial charge in [0.1, 0.15) is 11.6 Å². The second kappa shape index (κ2) is 8.52. The topological polar surface area (TPSA) is 85.6 Å². The molecule has 0 saturated carbocycles. The smallest absolute Gasteiger partial charge is 0.379 e. The number of halogens is 1. The number of carbonyl (C=O) groups excluding carboxylic acids is 2. The van der Waals surface area contributed by atoms with Gasteiger partial charge in [-0.25, -0.2) is 9.18 Å². The maximum absolute atomic E-state index is 14.1. The summed E-state index contributed by atoms with van der Waals surface area (Å²) in [5.74, 6) is -3.29. The zero-order valence-electron chi connectivity index (χ0n) is 15.6. The Bertz CT molecular complexity index is 1180. The van der Waals surface area contributed by atoms with Crippen LogP contribution in [0.1, 0.15) is 18.1 Å². The molecule has 0 spiro atoms. The van der Waals surface area contributed by atoms with Crippen LogP contribution in [0.25, 0.3) is 16.7 Å². The molecule has 1 heterocycles. The first-order valence-electron chi connectivity index (χ1n) is 8.90. The van der Waals surface area contributed by atoms with Crippen molar-refractivity contribution in [3.63, 3.8) is 0 Å². The van der Waals surface area contributed by atoms with E-state index in [4.69, 9.17) is 0 Å². The van der Waals surface area contributed by atoms with Crippen molar-refractivity contribution in [2.75, 3.05) is 6.61 Å². The van der Waals surface area contributed by atoms with Gasteiger partial charge in [0.15, 0.2) is 5.43 Å². The van der Waals surface area contributed by atoms with Gasteiger partial charge in [-0.1, -0.05) is 30.3 Å². The van der Waals surface area contributed by atoms with E-state index < -0.39 is 28.8 Å². The summed E-state index contributed by atoms with van der Waals surface area (Å²) in [6.45, 7) is 1.64. The number of hydrogen-bond donors (Lipinski definition) is 1. The van der Waals surface area contributed by atoms with Crippen LogP contribution in [0.15, 0.2) is 65.6 Å². The summed E-state index contributed by atoms with van der Waals surface area (Å²) < 4.78 is 20.3. The first-order chi connectivity index (χ1) is 13.9. The Kier molecular flexibility index (Phi) is 5.87. The Morgan fingerprint density at radius 1 is 1.14 bits per heavy atom. The summed E-state index contributed by atoms with van der Waals surface area (Å²) in [5, 5.41) is 10.6. The molecule has 0 bridgehead atoms. The molecule has 3 rings (SSSR count). The van der Waals surface area contributed by atoms with E-state index in [1.54, 1.807) is 54.0 Å². The fourth-order valence-corrected chi connectivity index (χ4v) is 2.93. The Hall–Kier alpha value is -3.74. The highest BCUT2D eigenvalue weighted by atomic mass is 19.1. The Morgan fingerprint density at radius 3 is 2.55 bits per heavy atom. The van der Waals surface area contributed by atoms with Crippen LogP contribution in [0.4, 0.5) is 4.39 Å². The first kappa shape index (κ1) is 20.0. The van der Waals surface area contributed by atoms with Gasteiger partial charge < -0.3 is 14.4 Å². The van der Waals surface area contributed by atoms with Crippen LogP contribution in [-0.4, -0.2) is 28.0 Å². The number of esters is 1. The third kappa shape index (κ3) is 4.24. The molecule has 2 aromatic carbocycles. The number of aliphatic hydroxyl groups excluding tert-OH is 1. The number of para-hydroxylation sites is 1. The van der Waals surface area contributed by atoms with Gasteiger partial charge in [-0.3, -0.25) is 9.59 Å². The summed E-state index contributed by atoms with van der Waals surface area (Å²) in [6, 6.07) is 12.9. The van der Waals surface area contributed by atoms with Crippen molar-refractivity contribution in [3.05, 3.63) is 88.0 Å². The molecule has 148 valence electrons. The quantitative estimate of drug-likeness (QED) is 0.300. The van der Waals surface area contributed by atoms with Crippen molar-refractivity contribution in [1.29, 1.82) is 0 Å². The standard InChI is InChI=1S/C22H18FNO5/c1-2-29-22(28)20(26)11-19(25)16-13-24(12-14-7-3-5-9-17(14)23)18-10-6-4-8-15(18)21(16)27/h3-11,13,25H,2,12H2,1H3/b19-11-. The third-order valence-electron chi connectivity index (χ3n) is 4.31. The van der Waals surface area contributed by atoms with Gasteiger partial charge in [-0.15, -0.1) is 0 Å². The molecule has 0 radical (unpaired) electrons. The lowest BCUT2D eigenvalue weighted by atomic mass is 10.1. The van der Waals surface area contributed by atoms with Crippen LogP contribution >= 0.6 is 0 Å². The number of nitrogens with zero attached hydrogens (tertiary/aromatic N) is 1. The Balaban J connectivity index is 2.12. The molecule has 0 atom stereocenters. The highest BCUT2D eigenvalue weighted by Gasteiger charge is 2.17. The van der Waals surface area contributed by atoms with E-state index in [9.17, 15) is 23.9 Å². The second-order valence-corrected chi connectivity index (χ2v) is 6.22. The zero-order valence-corrected chi connectivity index (χ0v) is 15.6. The number of hydrogen-bond acceptors (Lipinski definition) is 5. The predicted octanol–water partition coefficient (Wildman–Crippen LogP) is 3.22. The van der Waals surface area contributed by atoms with Crippen LogP contribution in [0.5, 0.6) is 0 Å². The normalized spacial score (nSPS) is 11.4. The summed E-state index contributed by atoms with van der Waals surface area (Å²) in [7, 11) is 0. The summed E-state index contributed by atoms with van der Waals surface area (Å²) in [4.78, 5) is 36.1. The van der Waals surface area contributed by atoms with E-state index in [1.165, 1.54) is 12.3 Å². The number of rotatable bonds is 6. The highest BCUT2D eigenvalue weighted by molar-refractivity contribution is 6.39. The third-order valence-corrected chi connectivity index (χ3v) is 4.31. The maximum Gasteiger partial charge on any atom is 0.379 e. The lowest BCUT2D eigenvalue weighted by Gasteiger charge is -2.14. The predicted molar refractivity (Wildman–Crippen MR) is 106 cm³/mol. The Labute approximate surface area is 165 Å². The molecule has 6 nitrogen and oxygen atoms in total. The molecule has 0 aliphatic rings. The Morgan fingerprint density at radius 2 is 1.83 bits per heavy atom. The van der Waals surface area contributed by atoms with Gasteiger partial charge in [0, 0.05) is 23.2 Å². The minimum Gasteiger partial charge on any atom is -0.507 e. The molecule has 3 aromatic rings. The van der Waals surface area contributed by atoms with E-state index in [0.29, 0.717) is 17.2 Å². The molecule has 29 heavy (non-hydrogen) atoms. The number of carbonyl (C=O) groups is 2. The van der Waals surface area contributed by atoms with Gasteiger partial charge in [-0.05, 0) is 25.1 Å². The maximum atomic E-state index is 14.1. The first-order valence-corrected chi connectivity index (χ1v) is 8.90. The largest absolute Gasteiger partial charge is 0.507 e. The van der Waals surface area contributed by atoms with Crippen LogP contribution in [-0.2, 0) is 20.9 Å². The number of pyridine rings is 1. The molecule has 0 amide bonds. The monoisotopic (exact) mass is 395 g/mol. The van der Waals surface area contributed by atoms with E-state index in [-0.39, 0.29) is 24.1 Å². The second-order valence-electron chi connectivity index (χ2n) is 6.22. The van der Waals surface area contributed by atoms with Crippen LogP contribution < -0.4 is 5.43 Å². The van der Waals surface area contributed by atoms with E-state index in [2.05, 4.69) is 4.74 Å². The number of ether oxygens (including phenoxy) is 1. The minimum atomic E-state index is -1.13. The average molecular weight is 395 g/mol. The van der Waals surface area contributed by atoms with E-state index in [1.807, 2.05) is 0 Å². The van der Waals surface area contributed by atoms with Crippen LogP contribution in [0.3, 0.4) is 0 Å². The van der Waals surface area contributed by atoms with Crippen molar-refractivity contribution in [3.8, 4) is 0 Å². The number of ketones is 1. The lowest BCUT2D eigenvalue weighted by molar-refractivity contribution is -0.151. The fourth-order valence-electron chi connectivity index (χ4n) is 2.93. The fraction of sp³-hybridized carbons (Fsp3) is 0.136. The van der Waals surface area contributed by atoms with Crippen molar-refractivity contribution < 1.29 is 23.8 Å². The van der Waals surface area contributed by atoms with Crippen molar-refractivity contribution in [2.24, 2.45) is 0 Å². The average Bonchev–Trinajstić information content (AvgIpc) is 2.71. The zero-order chi connectivity index (χ0) is 21.0. The van der Waals surface area contributed by atoms with Gasteiger partial charge in [0.2, 0.25) is 0 Å². The SMILES string of the molecule is CCOC(=O)C(=O)/C=C(\O)c1cn(Cc2ccccc2F)c2ccccc2c1=O. The molecule has 1 aromatic heterocycles. The summed E-state index contributed by atoms with van der Waals surface area (Å²) in [5.41, 5.74) is 0.223. The summed E-state index contributed by atoms with van der Waals surface area (Å²) in [6.07, 6.45) is 1.98. The number of fused-ring (bicyclic) bond motifs is 1. The van der Waals surface area contributed by atoms with Gasteiger partial charge in [0.25, 0.3) is 5.78 Å². The van der Waals surface area contributed by atoms with Crippen molar-refractivity contribution >= 4 is 28.4 Å². The minimum absolute atomic E-state index is 0.00456. The van der Waals surface area contributed by atoms with Crippen molar-refractivity contribution in [2.45, 2.75) is 13.5 Å². The number of benzene rings is 2. The molecular weight excluding hydrogens is 377 g/mol. The number of aromatic nitrogens is 1. The van der Waals surface area contributed by atoms with Gasteiger partial charge in [-0.2, -0.15) is 0 Å². The summed E-state index contributed by atoms with van der Waals surface area (Å²) >= 11 is 0. The molecule has 0 unspecified atom stereocenters. The van der Waals surface area contributed by atoms with E-state index in [0.717, 1.165) is 0 Å². The molecule has 0 fully saturated rings. The molecule has 0 aliphatic heterocycles. The van der Waals surface area contributed by atoms with Gasteiger partial charge >= 0.3 is 5.97 Å². The highest BCUT2D eigenvalue weighted by Crippen LogP contribution is 2.18. The van der Waals surface area contributed by atoms with Crippen LogP contribution in [0, 0.1) is 5.82 Å². The molecule has 0 aliphatic carbocycles.